The molecule has 0 spiro atoms. The Morgan fingerprint density at radius 2 is 1.69 bits per heavy atom. The number of alkyl halides is 2. The zero-order chi connectivity index (χ0) is 37.6. The highest BCUT2D eigenvalue weighted by Gasteiger charge is 2.41. The van der Waals surface area contributed by atoms with E-state index in [2.05, 4.69) is 35.0 Å². The zero-order valence-electron chi connectivity index (χ0n) is 30.7. The van der Waals surface area contributed by atoms with E-state index < -0.39 is 11.8 Å². The van der Waals surface area contributed by atoms with E-state index in [9.17, 15) is 14.4 Å². The molecule has 1 aliphatic carbocycles. The van der Waals surface area contributed by atoms with E-state index in [1.54, 1.807) is 42.2 Å². The molecule has 1 unspecified atom stereocenters. The van der Waals surface area contributed by atoms with Gasteiger partial charge in [-0.3, -0.25) is 29.5 Å². The molecule has 3 aromatic heterocycles. The number of likely N-dealkylation sites (tertiary alicyclic amines) is 1. The van der Waals surface area contributed by atoms with Gasteiger partial charge in [-0.05, 0) is 43.0 Å². The van der Waals surface area contributed by atoms with E-state index in [0.717, 1.165) is 68.6 Å². The van der Waals surface area contributed by atoms with Gasteiger partial charge in [0.05, 0.1) is 24.3 Å². The standard InChI is InChI=1S/C39H46F2N10O3/c1-47(2)37(54)32-19-26-20-43-38(46-35(26)51(32)28-5-3-4-6-28)44-33-13-11-29(21-42-33)49-15-17-50(18-16-49)30-22-48(23-30)24-39(40,41)27-9-7-25(8-10-27)31-12-14-34(52)45-36(31)53/h7-11,13,19-21,28,30-31H,3-6,12,14-18,22-24H2,1-2H3,(H,45,52,53)(H,42,43,44,46). The number of fused-ring (bicyclic) bond motifs is 1. The third kappa shape index (κ3) is 7.26. The van der Waals surface area contributed by atoms with Crippen molar-refractivity contribution in [2.45, 2.75) is 62.4 Å². The van der Waals surface area contributed by atoms with E-state index in [0.29, 0.717) is 42.5 Å². The minimum atomic E-state index is -3.02. The van der Waals surface area contributed by atoms with Crippen LogP contribution in [0.15, 0.2) is 54.9 Å². The second kappa shape index (κ2) is 14.7. The number of halogens is 2. The van der Waals surface area contributed by atoms with Gasteiger partial charge in [-0.2, -0.15) is 13.8 Å². The quantitative estimate of drug-likeness (QED) is 0.224. The highest BCUT2D eigenvalue weighted by atomic mass is 19.3. The molecule has 13 nitrogen and oxygen atoms in total. The number of carbonyl (C=O) groups excluding carboxylic acids is 3. The maximum atomic E-state index is 15.3. The molecule has 3 aliphatic heterocycles. The van der Waals surface area contributed by atoms with Gasteiger partial charge in [0.15, 0.2) is 0 Å². The third-order valence-corrected chi connectivity index (χ3v) is 11.4. The molecule has 1 saturated carbocycles. The van der Waals surface area contributed by atoms with Crippen molar-refractivity contribution in [3.63, 3.8) is 0 Å². The fraction of sp³-hybridized carbons (Fsp3) is 0.487. The highest BCUT2D eigenvalue weighted by molar-refractivity contribution is 6.01. The lowest BCUT2D eigenvalue weighted by atomic mass is 9.89. The van der Waals surface area contributed by atoms with E-state index in [4.69, 9.17) is 4.98 Å². The number of piperazine rings is 1. The van der Waals surface area contributed by atoms with Crippen molar-refractivity contribution in [1.29, 1.82) is 0 Å². The molecule has 1 aromatic carbocycles. The van der Waals surface area contributed by atoms with Crippen molar-refractivity contribution in [3.8, 4) is 0 Å². The molecule has 3 saturated heterocycles. The number of anilines is 3. The topological polar surface area (TPSA) is 132 Å². The van der Waals surface area contributed by atoms with Crippen LogP contribution in [0.4, 0.5) is 26.2 Å². The van der Waals surface area contributed by atoms with Crippen LogP contribution in [0, 0.1) is 0 Å². The molecule has 3 amide bonds. The lowest BCUT2D eigenvalue weighted by Crippen LogP contribution is -2.64. The first kappa shape index (κ1) is 36.0. The maximum absolute atomic E-state index is 15.3. The lowest BCUT2D eigenvalue weighted by molar-refractivity contribution is -0.134. The largest absolute Gasteiger partial charge is 0.368 e. The molecule has 4 aromatic rings. The molecule has 0 radical (unpaired) electrons. The van der Waals surface area contributed by atoms with Crippen molar-refractivity contribution >= 4 is 46.2 Å². The minimum absolute atomic E-state index is 0.0450. The Kier molecular flexibility index (Phi) is 9.77. The molecule has 4 fully saturated rings. The number of benzene rings is 1. The van der Waals surface area contributed by atoms with E-state index >= 15 is 8.78 Å². The number of amides is 3. The van der Waals surface area contributed by atoms with Crippen molar-refractivity contribution < 1.29 is 23.2 Å². The SMILES string of the molecule is CN(C)C(=O)c1cc2cnc(Nc3ccc(N4CCN(C5CN(CC(F)(F)c6ccc(C7CCC(=O)NC7=O)cc6)C5)CC4)cn3)nc2n1C1CCCC1. The van der Waals surface area contributed by atoms with Crippen molar-refractivity contribution in [1.82, 2.24) is 39.5 Å². The molecular weight excluding hydrogens is 694 g/mol. The molecule has 6 heterocycles. The molecule has 2 N–H and O–H groups in total. The number of hydrogen-bond acceptors (Lipinski definition) is 10. The Morgan fingerprint density at radius 1 is 0.944 bits per heavy atom. The fourth-order valence-electron chi connectivity index (χ4n) is 8.35. The minimum Gasteiger partial charge on any atom is -0.368 e. The molecule has 15 heteroatoms. The van der Waals surface area contributed by atoms with Crippen molar-refractivity contribution in [2.24, 2.45) is 0 Å². The van der Waals surface area contributed by atoms with Gasteiger partial charge in [-0.15, -0.1) is 0 Å². The van der Waals surface area contributed by atoms with Crippen LogP contribution in [-0.2, 0) is 15.5 Å². The van der Waals surface area contributed by atoms with Crippen LogP contribution in [0.3, 0.4) is 0 Å². The number of pyridine rings is 1. The van der Waals surface area contributed by atoms with Crippen LogP contribution >= 0.6 is 0 Å². The summed E-state index contributed by atoms with van der Waals surface area (Å²) < 4.78 is 32.6. The summed E-state index contributed by atoms with van der Waals surface area (Å²) >= 11 is 0. The van der Waals surface area contributed by atoms with Gasteiger partial charge in [-0.1, -0.05) is 37.1 Å². The lowest BCUT2D eigenvalue weighted by Gasteiger charge is -2.49. The van der Waals surface area contributed by atoms with Crippen LogP contribution in [0.25, 0.3) is 11.0 Å². The Morgan fingerprint density at radius 3 is 2.35 bits per heavy atom. The van der Waals surface area contributed by atoms with Gasteiger partial charge in [0.1, 0.15) is 17.2 Å². The summed E-state index contributed by atoms with van der Waals surface area (Å²) in [5.41, 5.74) is 2.98. The summed E-state index contributed by atoms with van der Waals surface area (Å²) in [5, 5.41) is 6.40. The Balaban J connectivity index is 0.823. The van der Waals surface area contributed by atoms with Gasteiger partial charge < -0.3 is 19.7 Å². The number of aromatic nitrogens is 4. The summed E-state index contributed by atoms with van der Waals surface area (Å²) in [5.74, 6) is -3.18. The second-order valence-electron chi connectivity index (χ2n) is 15.2. The summed E-state index contributed by atoms with van der Waals surface area (Å²) in [6, 6.07) is 12.3. The molecular formula is C39H46F2N10O3. The van der Waals surface area contributed by atoms with Gasteiger partial charge >= 0.3 is 0 Å². The number of nitrogens with zero attached hydrogens (tertiary/aromatic N) is 8. The Labute approximate surface area is 312 Å². The van der Waals surface area contributed by atoms with Gasteiger partial charge in [-0.25, -0.2) is 9.97 Å². The van der Waals surface area contributed by atoms with E-state index in [1.165, 1.54) is 12.1 Å². The summed E-state index contributed by atoms with van der Waals surface area (Å²) in [6.07, 6.45) is 8.55. The number of nitrogens with one attached hydrogen (secondary N) is 2. The number of rotatable bonds is 10. The Bertz CT molecular complexity index is 2020. The van der Waals surface area contributed by atoms with Gasteiger partial charge in [0.2, 0.25) is 17.8 Å². The number of carbonyl (C=O) groups is 3. The molecule has 4 aliphatic rings. The smallest absolute Gasteiger partial charge is 0.285 e. The fourth-order valence-corrected chi connectivity index (χ4v) is 8.35. The average Bonchev–Trinajstić information content (AvgIpc) is 3.81. The zero-order valence-corrected chi connectivity index (χ0v) is 30.7. The summed E-state index contributed by atoms with van der Waals surface area (Å²) in [4.78, 5) is 58.8. The van der Waals surface area contributed by atoms with E-state index in [-0.39, 0.29) is 48.3 Å². The maximum Gasteiger partial charge on any atom is 0.285 e. The molecule has 54 heavy (non-hydrogen) atoms. The van der Waals surface area contributed by atoms with Crippen LogP contribution in [-0.4, -0.2) is 118 Å². The molecule has 284 valence electrons. The van der Waals surface area contributed by atoms with Crippen LogP contribution in [0.1, 0.15) is 72.1 Å². The molecule has 1 atom stereocenters. The summed E-state index contributed by atoms with van der Waals surface area (Å²) in [6.45, 7) is 4.14. The van der Waals surface area contributed by atoms with Gasteiger partial charge in [0.25, 0.3) is 11.8 Å². The van der Waals surface area contributed by atoms with Crippen LogP contribution < -0.4 is 15.5 Å². The predicted octanol–water partition coefficient (Wildman–Crippen LogP) is 4.51. The third-order valence-electron chi connectivity index (χ3n) is 11.4. The van der Waals surface area contributed by atoms with E-state index in [1.807, 2.05) is 24.4 Å². The summed E-state index contributed by atoms with van der Waals surface area (Å²) in [7, 11) is 3.53. The first-order chi connectivity index (χ1) is 26.0. The normalized spacial score (nSPS) is 20.7. The van der Waals surface area contributed by atoms with Crippen LogP contribution in [0.5, 0.6) is 0 Å². The van der Waals surface area contributed by atoms with Gasteiger partial charge in [0, 0.05) is 89.0 Å². The predicted molar refractivity (Wildman–Crippen MR) is 200 cm³/mol. The monoisotopic (exact) mass is 740 g/mol. The van der Waals surface area contributed by atoms with Crippen LogP contribution in [0.2, 0.25) is 0 Å². The van der Waals surface area contributed by atoms with Crippen molar-refractivity contribution in [3.05, 3.63) is 71.7 Å². The first-order valence-corrected chi connectivity index (χ1v) is 18.9. The average molecular weight is 741 g/mol. The number of imide groups is 1. The molecule has 0 bridgehead atoms. The number of piperidine rings is 1. The van der Waals surface area contributed by atoms with Crippen molar-refractivity contribution in [2.75, 3.05) is 70.1 Å². The molecule has 8 rings (SSSR count). The first-order valence-electron chi connectivity index (χ1n) is 18.9. The second-order valence-corrected chi connectivity index (χ2v) is 15.2. The number of hydrogen-bond donors (Lipinski definition) is 2. The Hall–Kier alpha value is -5.02. The highest BCUT2D eigenvalue weighted by Crippen LogP contribution is 2.36.